The summed E-state index contributed by atoms with van der Waals surface area (Å²) < 4.78 is 4.82. The Balaban J connectivity index is 3.71. The number of alkyl carbamates (subject to hydrolysis) is 1. The second-order valence-electron chi connectivity index (χ2n) is 3.33. The van der Waals surface area contributed by atoms with Crippen molar-refractivity contribution in [2.24, 2.45) is 11.7 Å². The molecule has 0 aromatic carbocycles. The average molecular weight is 188 g/mol. The second-order valence-corrected chi connectivity index (χ2v) is 3.33. The highest BCUT2D eigenvalue weighted by molar-refractivity contribution is 5.89. The number of rotatable bonds is 3. The molecule has 13 heavy (non-hydrogen) atoms. The fourth-order valence-electron chi connectivity index (χ4n) is 1.02. The zero-order valence-electron chi connectivity index (χ0n) is 8.16. The molecule has 0 radical (unpaired) electrons. The normalized spacial score (nSPS) is 12.3. The Labute approximate surface area is 77.6 Å². The van der Waals surface area contributed by atoms with Crippen molar-refractivity contribution < 1.29 is 14.3 Å². The lowest BCUT2D eigenvalue weighted by Gasteiger charge is -2.14. The van der Waals surface area contributed by atoms with Gasteiger partial charge in [-0.25, -0.2) is 14.9 Å². The molecule has 5 nitrogen and oxygen atoms in total. The van der Waals surface area contributed by atoms with Gasteiger partial charge in [0.1, 0.15) is 6.10 Å². The molecule has 0 aromatic heterocycles. The number of ether oxygens (including phenoxy) is 1. The van der Waals surface area contributed by atoms with Crippen LogP contribution in [0.4, 0.5) is 9.59 Å². The monoisotopic (exact) mass is 188 g/mol. The zero-order chi connectivity index (χ0) is 10.4. The molecule has 3 amide bonds. The van der Waals surface area contributed by atoms with Gasteiger partial charge >= 0.3 is 12.1 Å². The standard InChI is InChI=1S/C8H16N2O3/c1-5(2)4-6(3)13-8(12)10-7(9)11/h5-6H,4H2,1-3H3,(H3,9,10,11,12). The number of urea groups is 1. The molecule has 0 rings (SSSR count). The molecule has 0 fully saturated rings. The number of carbonyl (C=O) groups excluding carboxylic acids is 2. The van der Waals surface area contributed by atoms with Gasteiger partial charge in [0, 0.05) is 0 Å². The van der Waals surface area contributed by atoms with Crippen LogP contribution in [0.1, 0.15) is 27.2 Å². The van der Waals surface area contributed by atoms with Gasteiger partial charge in [0.15, 0.2) is 0 Å². The van der Waals surface area contributed by atoms with Crippen molar-refractivity contribution in [3.8, 4) is 0 Å². The van der Waals surface area contributed by atoms with Gasteiger partial charge in [0.05, 0.1) is 0 Å². The van der Waals surface area contributed by atoms with Crippen LogP contribution in [0.3, 0.4) is 0 Å². The fraction of sp³-hybridized carbons (Fsp3) is 0.750. The summed E-state index contributed by atoms with van der Waals surface area (Å²) in [6.07, 6.45) is -0.244. The summed E-state index contributed by atoms with van der Waals surface area (Å²) >= 11 is 0. The average Bonchev–Trinajstić information content (AvgIpc) is 1.80. The Morgan fingerprint density at radius 1 is 1.38 bits per heavy atom. The van der Waals surface area contributed by atoms with E-state index < -0.39 is 12.1 Å². The summed E-state index contributed by atoms with van der Waals surface area (Å²) in [6, 6.07) is -0.901. The Kier molecular flexibility index (Phi) is 4.87. The maximum atomic E-state index is 10.8. The molecule has 1 unspecified atom stereocenters. The van der Waals surface area contributed by atoms with E-state index in [0.29, 0.717) is 5.92 Å². The lowest BCUT2D eigenvalue weighted by Crippen LogP contribution is -2.37. The minimum Gasteiger partial charge on any atom is -0.446 e. The number of nitrogens with one attached hydrogen (secondary N) is 1. The first-order valence-corrected chi connectivity index (χ1v) is 4.19. The van der Waals surface area contributed by atoms with Crippen LogP contribution in [0.25, 0.3) is 0 Å². The molecule has 3 N–H and O–H groups in total. The van der Waals surface area contributed by atoms with E-state index >= 15 is 0 Å². The summed E-state index contributed by atoms with van der Waals surface area (Å²) in [5.41, 5.74) is 4.72. The molecule has 0 spiro atoms. The fourth-order valence-corrected chi connectivity index (χ4v) is 1.02. The molecule has 0 aliphatic carbocycles. The summed E-state index contributed by atoms with van der Waals surface area (Å²) in [4.78, 5) is 21.0. The predicted octanol–water partition coefficient (Wildman–Crippen LogP) is 1.23. The number of nitrogens with two attached hydrogens (primary N) is 1. The predicted molar refractivity (Wildman–Crippen MR) is 48.1 cm³/mol. The molecule has 1 atom stereocenters. The van der Waals surface area contributed by atoms with Crippen molar-refractivity contribution >= 4 is 12.1 Å². The SMILES string of the molecule is CC(C)CC(C)OC(=O)NC(N)=O. The molecule has 0 aromatic rings. The van der Waals surface area contributed by atoms with E-state index in [-0.39, 0.29) is 6.10 Å². The minimum absolute atomic E-state index is 0.209. The Hall–Kier alpha value is -1.26. The maximum absolute atomic E-state index is 10.8. The van der Waals surface area contributed by atoms with Crippen LogP contribution in [0.2, 0.25) is 0 Å². The van der Waals surface area contributed by atoms with Crippen molar-refractivity contribution in [1.82, 2.24) is 5.32 Å². The highest BCUT2D eigenvalue weighted by Crippen LogP contribution is 2.07. The van der Waals surface area contributed by atoms with E-state index in [2.05, 4.69) is 0 Å². The van der Waals surface area contributed by atoms with E-state index in [9.17, 15) is 9.59 Å². The first kappa shape index (κ1) is 11.7. The van der Waals surface area contributed by atoms with Gasteiger partial charge in [-0.15, -0.1) is 0 Å². The maximum Gasteiger partial charge on any atom is 0.415 e. The third kappa shape index (κ3) is 7.11. The molecule has 76 valence electrons. The molecule has 5 heteroatoms. The van der Waals surface area contributed by atoms with E-state index in [1.165, 1.54) is 0 Å². The van der Waals surface area contributed by atoms with Crippen molar-refractivity contribution in [3.63, 3.8) is 0 Å². The molecule has 0 bridgehead atoms. The van der Waals surface area contributed by atoms with Crippen molar-refractivity contribution in [1.29, 1.82) is 0 Å². The van der Waals surface area contributed by atoms with Crippen molar-refractivity contribution in [3.05, 3.63) is 0 Å². The van der Waals surface area contributed by atoms with E-state index in [0.717, 1.165) is 6.42 Å². The Morgan fingerprint density at radius 3 is 2.31 bits per heavy atom. The number of amides is 3. The Morgan fingerprint density at radius 2 is 1.92 bits per heavy atom. The third-order valence-electron chi connectivity index (χ3n) is 1.34. The van der Waals surface area contributed by atoms with E-state index in [1.54, 1.807) is 6.92 Å². The van der Waals surface area contributed by atoms with Crippen LogP contribution in [-0.2, 0) is 4.74 Å². The van der Waals surface area contributed by atoms with Crippen LogP contribution >= 0.6 is 0 Å². The molecule has 0 aliphatic heterocycles. The van der Waals surface area contributed by atoms with Crippen LogP contribution in [0.5, 0.6) is 0 Å². The number of primary amides is 1. The summed E-state index contributed by atoms with van der Waals surface area (Å²) in [5.74, 6) is 0.441. The lowest BCUT2D eigenvalue weighted by atomic mass is 10.1. The van der Waals surface area contributed by atoms with Crippen LogP contribution in [-0.4, -0.2) is 18.2 Å². The van der Waals surface area contributed by atoms with Crippen LogP contribution < -0.4 is 11.1 Å². The topological polar surface area (TPSA) is 81.4 Å². The second kappa shape index (κ2) is 5.40. The van der Waals surface area contributed by atoms with Crippen LogP contribution in [0.15, 0.2) is 0 Å². The molecular formula is C8H16N2O3. The van der Waals surface area contributed by atoms with Gasteiger partial charge in [-0.3, -0.25) is 0 Å². The van der Waals surface area contributed by atoms with Gasteiger partial charge in [-0.1, -0.05) is 13.8 Å². The highest BCUT2D eigenvalue weighted by atomic mass is 16.6. The lowest BCUT2D eigenvalue weighted by molar-refractivity contribution is 0.0976. The van der Waals surface area contributed by atoms with Gasteiger partial charge in [0.25, 0.3) is 0 Å². The van der Waals surface area contributed by atoms with Crippen molar-refractivity contribution in [2.45, 2.75) is 33.3 Å². The zero-order valence-corrected chi connectivity index (χ0v) is 8.16. The molecular weight excluding hydrogens is 172 g/mol. The molecule has 0 saturated carbocycles. The largest absolute Gasteiger partial charge is 0.446 e. The van der Waals surface area contributed by atoms with E-state index in [1.807, 2.05) is 19.2 Å². The third-order valence-corrected chi connectivity index (χ3v) is 1.34. The van der Waals surface area contributed by atoms with Crippen LogP contribution in [0, 0.1) is 5.92 Å². The Bertz CT molecular complexity index is 192. The molecule has 0 aliphatic rings. The molecule has 0 saturated heterocycles. The first-order chi connectivity index (χ1) is 5.91. The first-order valence-electron chi connectivity index (χ1n) is 4.19. The highest BCUT2D eigenvalue weighted by Gasteiger charge is 2.11. The number of carbonyl (C=O) groups is 2. The smallest absolute Gasteiger partial charge is 0.415 e. The van der Waals surface area contributed by atoms with E-state index in [4.69, 9.17) is 10.5 Å². The summed E-state index contributed by atoms with van der Waals surface area (Å²) in [7, 11) is 0. The summed E-state index contributed by atoms with van der Waals surface area (Å²) in [5, 5.41) is 1.82. The van der Waals surface area contributed by atoms with Gasteiger partial charge in [-0.05, 0) is 19.3 Å². The number of hydrogen-bond acceptors (Lipinski definition) is 3. The summed E-state index contributed by atoms with van der Waals surface area (Å²) in [6.45, 7) is 5.80. The molecule has 0 heterocycles. The van der Waals surface area contributed by atoms with Crippen molar-refractivity contribution in [2.75, 3.05) is 0 Å². The van der Waals surface area contributed by atoms with Gasteiger partial charge in [-0.2, -0.15) is 0 Å². The number of hydrogen-bond donors (Lipinski definition) is 2. The quantitative estimate of drug-likeness (QED) is 0.698. The van der Waals surface area contributed by atoms with Gasteiger partial charge in [0.2, 0.25) is 0 Å². The minimum atomic E-state index is -0.901. The number of imide groups is 1. The van der Waals surface area contributed by atoms with Gasteiger partial charge < -0.3 is 10.5 Å².